The van der Waals surface area contributed by atoms with E-state index >= 15 is 0 Å². The second-order valence-corrected chi connectivity index (χ2v) is 3.71. The van der Waals surface area contributed by atoms with Gasteiger partial charge in [-0.15, -0.1) is 0 Å². The average molecular weight is 241 g/mol. The Bertz CT molecular complexity index is 662. The summed E-state index contributed by atoms with van der Waals surface area (Å²) in [5, 5.41) is 10.8. The molecule has 0 aliphatic carbocycles. The van der Waals surface area contributed by atoms with Crippen molar-refractivity contribution in [2.24, 2.45) is 0 Å². The van der Waals surface area contributed by atoms with Crippen LogP contribution in [0.15, 0.2) is 36.8 Å². The maximum atomic E-state index is 5.11. The smallest absolute Gasteiger partial charge is 0.160 e. The summed E-state index contributed by atoms with van der Waals surface area (Å²) in [5.74, 6) is 1.54. The molecule has 1 aromatic carbocycles. The number of rotatable bonds is 3. The van der Waals surface area contributed by atoms with E-state index in [9.17, 15) is 0 Å². The fourth-order valence-electron chi connectivity index (χ4n) is 1.68. The number of ether oxygens (including phenoxy) is 1. The zero-order valence-corrected chi connectivity index (χ0v) is 9.71. The van der Waals surface area contributed by atoms with Gasteiger partial charge in [-0.1, -0.05) is 0 Å². The number of nitrogens with zero attached hydrogens (tertiary/aromatic N) is 3. The van der Waals surface area contributed by atoms with Crippen molar-refractivity contribution in [3.63, 3.8) is 0 Å². The molecular weight excluding hydrogens is 230 g/mol. The number of nitrogens with one attached hydrogen (secondary N) is 2. The molecule has 0 saturated heterocycles. The van der Waals surface area contributed by atoms with Crippen LogP contribution < -0.4 is 10.1 Å². The Morgan fingerprint density at radius 2 is 2.00 bits per heavy atom. The van der Waals surface area contributed by atoms with Gasteiger partial charge in [-0.25, -0.2) is 9.97 Å². The molecule has 0 aliphatic heterocycles. The van der Waals surface area contributed by atoms with E-state index in [1.165, 1.54) is 6.33 Å². The molecule has 2 N–H and O–H groups in total. The highest BCUT2D eigenvalue weighted by atomic mass is 16.5. The molecule has 0 radical (unpaired) electrons. The molecule has 0 atom stereocenters. The average Bonchev–Trinajstić information content (AvgIpc) is 2.89. The first kappa shape index (κ1) is 10.5. The minimum absolute atomic E-state index is 0.709. The zero-order valence-electron chi connectivity index (χ0n) is 9.71. The third-order valence-electron chi connectivity index (χ3n) is 2.60. The van der Waals surface area contributed by atoms with Gasteiger partial charge in [0.25, 0.3) is 0 Å². The number of hydrogen-bond donors (Lipinski definition) is 2. The molecule has 3 aromatic rings. The van der Waals surface area contributed by atoms with E-state index in [1.807, 2.05) is 24.3 Å². The van der Waals surface area contributed by atoms with Crippen LogP contribution in [0.5, 0.6) is 5.75 Å². The molecule has 0 saturated carbocycles. The topological polar surface area (TPSA) is 75.7 Å². The van der Waals surface area contributed by atoms with Gasteiger partial charge in [-0.2, -0.15) is 5.10 Å². The second-order valence-electron chi connectivity index (χ2n) is 3.71. The van der Waals surface area contributed by atoms with E-state index in [4.69, 9.17) is 4.74 Å². The quantitative estimate of drug-likeness (QED) is 0.734. The maximum Gasteiger partial charge on any atom is 0.160 e. The minimum atomic E-state index is 0.709. The first-order valence-electron chi connectivity index (χ1n) is 5.42. The number of methoxy groups -OCH3 is 1. The Morgan fingerprint density at radius 1 is 1.17 bits per heavy atom. The van der Waals surface area contributed by atoms with Crippen LogP contribution >= 0.6 is 0 Å². The summed E-state index contributed by atoms with van der Waals surface area (Å²) >= 11 is 0. The second kappa shape index (κ2) is 4.33. The van der Waals surface area contributed by atoms with E-state index in [0.29, 0.717) is 5.65 Å². The lowest BCUT2D eigenvalue weighted by atomic mass is 10.3. The first-order valence-corrected chi connectivity index (χ1v) is 5.42. The zero-order chi connectivity index (χ0) is 12.4. The standard InChI is InChI=1S/C12H11N5O/c1-18-9-4-2-8(3-5-9)16-11-10-6-15-17-12(10)14-7-13-11/h2-7H,1H3,(H2,13,14,15,16,17). The number of aromatic amines is 1. The van der Waals surface area contributed by atoms with Gasteiger partial charge in [-0.05, 0) is 24.3 Å². The summed E-state index contributed by atoms with van der Waals surface area (Å²) in [7, 11) is 1.64. The van der Waals surface area contributed by atoms with Gasteiger partial charge in [0.15, 0.2) is 5.65 Å². The molecule has 6 heteroatoms. The Morgan fingerprint density at radius 3 is 2.78 bits per heavy atom. The third-order valence-corrected chi connectivity index (χ3v) is 2.60. The van der Waals surface area contributed by atoms with Crippen molar-refractivity contribution >= 4 is 22.5 Å². The Hall–Kier alpha value is -2.63. The van der Waals surface area contributed by atoms with E-state index in [2.05, 4.69) is 25.5 Å². The summed E-state index contributed by atoms with van der Waals surface area (Å²) in [5.41, 5.74) is 1.64. The van der Waals surface area contributed by atoms with Crippen LogP contribution in [0.4, 0.5) is 11.5 Å². The van der Waals surface area contributed by atoms with Gasteiger partial charge in [-0.3, -0.25) is 5.10 Å². The molecule has 2 heterocycles. The number of anilines is 2. The van der Waals surface area contributed by atoms with Gasteiger partial charge < -0.3 is 10.1 Å². The van der Waals surface area contributed by atoms with E-state index in [1.54, 1.807) is 13.3 Å². The van der Waals surface area contributed by atoms with Crippen molar-refractivity contribution in [2.45, 2.75) is 0 Å². The number of aromatic nitrogens is 4. The summed E-state index contributed by atoms with van der Waals surface area (Å²) in [6.45, 7) is 0. The number of benzene rings is 1. The normalized spacial score (nSPS) is 10.5. The van der Waals surface area contributed by atoms with Gasteiger partial charge in [0.05, 0.1) is 18.7 Å². The molecule has 0 aliphatic rings. The Kier molecular flexibility index (Phi) is 2.53. The molecule has 18 heavy (non-hydrogen) atoms. The summed E-state index contributed by atoms with van der Waals surface area (Å²) in [6.07, 6.45) is 3.19. The highest BCUT2D eigenvalue weighted by Crippen LogP contribution is 2.22. The number of hydrogen-bond acceptors (Lipinski definition) is 5. The number of fused-ring (bicyclic) bond motifs is 1. The van der Waals surface area contributed by atoms with Crippen LogP contribution in [-0.2, 0) is 0 Å². The van der Waals surface area contributed by atoms with Gasteiger partial charge >= 0.3 is 0 Å². The van der Waals surface area contributed by atoms with Crippen LogP contribution in [0.2, 0.25) is 0 Å². The monoisotopic (exact) mass is 241 g/mol. The maximum absolute atomic E-state index is 5.11. The van der Waals surface area contributed by atoms with Gasteiger partial charge in [0, 0.05) is 5.69 Å². The van der Waals surface area contributed by atoms with Crippen LogP contribution in [-0.4, -0.2) is 27.3 Å². The summed E-state index contributed by atoms with van der Waals surface area (Å²) < 4.78 is 5.11. The van der Waals surface area contributed by atoms with E-state index in [0.717, 1.165) is 22.6 Å². The molecule has 0 spiro atoms. The van der Waals surface area contributed by atoms with Crippen LogP contribution in [0, 0.1) is 0 Å². The predicted molar refractivity (Wildman–Crippen MR) is 68.0 cm³/mol. The SMILES string of the molecule is COc1ccc(Nc2ncnc3[nH]ncc23)cc1. The van der Waals surface area contributed by atoms with E-state index < -0.39 is 0 Å². The fraction of sp³-hybridized carbons (Fsp3) is 0.0833. The van der Waals surface area contributed by atoms with Crippen LogP contribution in [0.25, 0.3) is 11.0 Å². The highest BCUT2D eigenvalue weighted by molar-refractivity contribution is 5.87. The van der Waals surface area contributed by atoms with Crippen molar-refractivity contribution in [3.8, 4) is 5.75 Å². The lowest BCUT2D eigenvalue weighted by molar-refractivity contribution is 0.415. The lowest BCUT2D eigenvalue weighted by Crippen LogP contribution is -1.95. The van der Waals surface area contributed by atoms with Crippen molar-refractivity contribution < 1.29 is 4.74 Å². The molecule has 0 bridgehead atoms. The molecule has 0 amide bonds. The Balaban J connectivity index is 1.93. The van der Waals surface area contributed by atoms with Crippen molar-refractivity contribution in [2.75, 3.05) is 12.4 Å². The molecule has 2 aromatic heterocycles. The van der Waals surface area contributed by atoms with Crippen LogP contribution in [0.1, 0.15) is 0 Å². The van der Waals surface area contributed by atoms with Gasteiger partial charge in [0.2, 0.25) is 0 Å². The lowest BCUT2D eigenvalue weighted by Gasteiger charge is -2.06. The van der Waals surface area contributed by atoms with Crippen molar-refractivity contribution in [1.29, 1.82) is 0 Å². The largest absolute Gasteiger partial charge is 0.497 e. The minimum Gasteiger partial charge on any atom is -0.497 e. The van der Waals surface area contributed by atoms with Crippen molar-refractivity contribution in [3.05, 3.63) is 36.8 Å². The van der Waals surface area contributed by atoms with Gasteiger partial charge in [0.1, 0.15) is 17.9 Å². The Labute approximate surface area is 103 Å². The molecule has 3 rings (SSSR count). The summed E-state index contributed by atoms with van der Waals surface area (Å²) in [6, 6.07) is 7.62. The van der Waals surface area contributed by atoms with Crippen molar-refractivity contribution in [1.82, 2.24) is 20.2 Å². The molecule has 0 fully saturated rings. The highest BCUT2D eigenvalue weighted by Gasteiger charge is 2.05. The summed E-state index contributed by atoms with van der Waals surface area (Å²) in [4.78, 5) is 8.29. The molecule has 0 unspecified atom stereocenters. The molecular formula is C12H11N5O. The number of H-pyrrole nitrogens is 1. The third kappa shape index (κ3) is 1.84. The predicted octanol–water partition coefficient (Wildman–Crippen LogP) is 2.11. The van der Waals surface area contributed by atoms with E-state index in [-0.39, 0.29) is 0 Å². The molecule has 90 valence electrons. The first-order chi connectivity index (χ1) is 8.86. The fourth-order valence-corrected chi connectivity index (χ4v) is 1.68. The molecule has 6 nitrogen and oxygen atoms in total. The van der Waals surface area contributed by atoms with Crippen LogP contribution in [0.3, 0.4) is 0 Å².